The highest BCUT2D eigenvalue weighted by Gasteiger charge is 2.28. The summed E-state index contributed by atoms with van der Waals surface area (Å²) >= 11 is 0. The third-order valence-electron chi connectivity index (χ3n) is 6.20. The van der Waals surface area contributed by atoms with Crippen LogP contribution in [0.25, 0.3) is 11.2 Å². The van der Waals surface area contributed by atoms with Crippen molar-refractivity contribution in [3.63, 3.8) is 0 Å². The number of aromatic nitrogens is 6. The first-order chi connectivity index (χ1) is 15.7. The number of carbonyl (C=O) groups is 1. The van der Waals surface area contributed by atoms with Crippen LogP contribution < -0.4 is 16.0 Å². The van der Waals surface area contributed by atoms with Gasteiger partial charge in [0.25, 0.3) is 17.5 Å². The Hall–Kier alpha value is -3.37. The molecule has 1 saturated heterocycles. The zero-order valence-corrected chi connectivity index (χ0v) is 19.8. The molecule has 0 atom stereocenters. The summed E-state index contributed by atoms with van der Waals surface area (Å²) in [5.41, 5.74) is 0.473. The molecule has 1 fully saturated rings. The van der Waals surface area contributed by atoms with Gasteiger partial charge in [0.1, 0.15) is 6.10 Å². The van der Waals surface area contributed by atoms with E-state index in [1.165, 1.54) is 11.6 Å². The molecule has 3 aromatic rings. The second-order valence-corrected chi connectivity index (χ2v) is 9.12. The number of nitrogens with zero attached hydrogens (tertiary/aromatic N) is 7. The van der Waals surface area contributed by atoms with E-state index >= 15 is 0 Å². The number of hydrogen-bond donors (Lipinski definition) is 0. The first-order valence-corrected chi connectivity index (χ1v) is 11.3. The number of fused-ring (bicyclic) bond motifs is 1. The summed E-state index contributed by atoms with van der Waals surface area (Å²) in [6.07, 6.45) is 5.29. The second-order valence-electron chi connectivity index (χ2n) is 9.12. The van der Waals surface area contributed by atoms with Crippen LogP contribution in [0.2, 0.25) is 0 Å². The van der Waals surface area contributed by atoms with Crippen molar-refractivity contribution in [2.75, 3.05) is 13.1 Å². The summed E-state index contributed by atoms with van der Waals surface area (Å²) in [6.45, 7) is 5.91. The lowest BCUT2D eigenvalue weighted by atomic mass is 10.1. The lowest BCUT2D eigenvalue weighted by molar-refractivity contribution is 0.0571. The fourth-order valence-corrected chi connectivity index (χ4v) is 4.15. The molecule has 11 nitrogen and oxygen atoms in total. The van der Waals surface area contributed by atoms with Gasteiger partial charge in [-0.2, -0.15) is 10.1 Å². The molecule has 1 aliphatic rings. The molecule has 0 aromatic carbocycles. The summed E-state index contributed by atoms with van der Waals surface area (Å²) < 4.78 is 12.2. The molecule has 1 aliphatic heterocycles. The molecule has 4 rings (SSSR count). The number of rotatable bonds is 6. The van der Waals surface area contributed by atoms with Crippen LogP contribution in [0.15, 0.2) is 22.0 Å². The molecule has 0 saturated carbocycles. The highest BCUT2D eigenvalue weighted by Crippen LogP contribution is 2.24. The van der Waals surface area contributed by atoms with E-state index in [2.05, 4.69) is 23.9 Å². The predicted octanol–water partition coefficient (Wildman–Crippen LogP) is 0.897. The van der Waals surface area contributed by atoms with E-state index in [0.29, 0.717) is 61.1 Å². The van der Waals surface area contributed by atoms with Gasteiger partial charge in [-0.15, -0.1) is 0 Å². The number of piperidine rings is 1. The predicted molar refractivity (Wildman–Crippen MR) is 122 cm³/mol. The molecular weight excluding hydrogens is 426 g/mol. The molecule has 0 radical (unpaired) electrons. The Kier molecular flexibility index (Phi) is 6.13. The van der Waals surface area contributed by atoms with Crippen molar-refractivity contribution >= 4 is 17.1 Å². The molecule has 0 N–H and O–H groups in total. The van der Waals surface area contributed by atoms with Gasteiger partial charge in [-0.05, 0) is 12.3 Å². The maximum atomic E-state index is 12.9. The molecule has 4 heterocycles. The molecule has 3 aromatic heterocycles. The molecule has 0 bridgehead atoms. The normalized spacial score (nSPS) is 15.0. The maximum absolute atomic E-state index is 12.9. The quantitative estimate of drug-likeness (QED) is 0.544. The topological polar surface area (TPSA) is 109 Å². The van der Waals surface area contributed by atoms with Gasteiger partial charge in [0.2, 0.25) is 0 Å². The maximum Gasteiger partial charge on any atom is 0.332 e. The lowest BCUT2D eigenvalue weighted by Crippen LogP contribution is -2.42. The fourth-order valence-electron chi connectivity index (χ4n) is 4.15. The summed E-state index contributed by atoms with van der Waals surface area (Å²) in [7, 11) is 4.86. The van der Waals surface area contributed by atoms with E-state index in [1.54, 1.807) is 40.6 Å². The van der Waals surface area contributed by atoms with Gasteiger partial charge in [-0.3, -0.25) is 28.0 Å². The van der Waals surface area contributed by atoms with Crippen molar-refractivity contribution in [3.8, 4) is 6.01 Å². The smallest absolute Gasteiger partial charge is 0.332 e. The molecule has 0 unspecified atom stereocenters. The van der Waals surface area contributed by atoms with E-state index in [0.717, 1.165) is 11.0 Å². The van der Waals surface area contributed by atoms with Crippen LogP contribution >= 0.6 is 0 Å². The number of amides is 1. The third-order valence-corrected chi connectivity index (χ3v) is 6.20. The summed E-state index contributed by atoms with van der Waals surface area (Å²) in [6, 6.07) is 0.348. The Bertz CT molecular complexity index is 1290. The minimum Gasteiger partial charge on any atom is -0.461 e. The van der Waals surface area contributed by atoms with Gasteiger partial charge in [0, 0.05) is 59.8 Å². The fraction of sp³-hybridized carbons (Fsp3) is 0.591. The average Bonchev–Trinajstić information content (AvgIpc) is 3.38. The first kappa shape index (κ1) is 22.8. The Labute approximate surface area is 191 Å². The number of imidazole rings is 1. The van der Waals surface area contributed by atoms with Crippen LogP contribution in [0.1, 0.15) is 43.5 Å². The number of aryl methyl sites for hydroxylation is 3. The van der Waals surface area contributed by atoms with Crippen molar-refractivity contribution < 1.29 is 9.53 Å². The standard InChI is InChI=1S/C22H31N7O4/c1-14(2)6-11-29-17-18(26(4)22(32)27(5)20(17)31)24-21(29)33-16-7-9-28(10-8-16)19(30)15-12-23-25(3)13-15/h12-14,16H,6-11H2,1-5H3. The highest BCUT2D eigenvalue weighted by molar-refractivity contribution is 5.93. The van der Waals surface area contributed by atoms with Crippen LogP contribution in [-0.2, 0) is 27.7 Å². The minimum absolute atomic E-state index is 0.0378. The lowest BCUT2D eigenvalue weighted by Gasteiger charge is -2.31. The van der Waals surface area contributed by atoms with Gasteiger partial charge in [-0.1, -0.05) is 13.8 Å². The SMILES string of the molecule is CC(C)CCn1c(OC2CCN(C(=O)c3cnn(C)c3)CC2)nc2c1c(=O)n(C)c(=O)n2C. The Morgan fingerprint density at radius 2 is 1.85 bits per heavy atom. The van der Waals surface area contributed by atoms with Crippen LogP contribution in [0.5, 0.6) is 6.01 Å². The molecule has 0 spiro atoms. The van der Waals surface area contributed by atoms with Gasteiger partial charge in [0.05, 0.1) is 11.8 Å². The zero-order valence-electron chi connectivity index (χ0n) is 19.8. The van der Waals surface area contributed by atoms with Crippen molar-refractivity contribution in [1.82, 2.24) is 33.4 Å². The average molecular weight is 458 g/mol. The Morgan fingerprint density at radius 1 is 1.15 bits per heavy atom. The molecule has 11 heteroatoms. The van der Waals surface area contributed by atoms with Crippen molar-refractivity contribution in [3.05, 3.63) is 38.8 Å². The van der Waals surface area contributed by atoms with Crippen LogP contribution in [0.4, 0.5) is 0 Å². The van der Waals surface area contributed by atoms with Crippen LogP contribution in [0, 0.1) is 5.92 Å². The summed E-state index contributed by atoms with van der Waals surface area (Å²) in [4.78, 5) is 44.3. The van der Waals surface area contributed by atoms with E-state index in [9.17, 15) is 14.4 Å². The molecular formula is C22H31N7O4. The number of likely N-dealkylation sites (tertiary alicyclic amines) is 1. The second kappa shape index (κ2) is 8.87. The highest BCUT2D eigenvalue weighted by atomic mass is 16.5. The van der Waals surface area contributed by atoms with E-state index in [4.69, 9.17) is 4.74 Å². The number of ether oxygens (including phenoxy) is 1. The van der Waals surface area contributed by atoms with E-state index in [-0.39, 0.29) is 17.6 Å². The summed E-state index contributed by atoms with van der Waals surface area (Å²) in [5, 5.41) is 4.07. The van der Waals surface area contributed by atoms with E-state index < -0.39 is 5.69 Å². The Morgan fingerprint density at radius 3 is 2.45 bits per heavy atom. The molecule has 0 aliphatic carbocycles. The van der Waals surface area contributed by atoms with Crippen LogP contribution in [0.3, 0.4) is 0 Å². The van der Waals surface area contributed by atoms with Gasteiger partial charge in [-0.25, -0.2) is 4.79 Å². The first-order valence-electron chi connectivity index (χ1n) is 11.3. The van der Waals surface area contributed by atoms with Gasteiger partial charge >= 0.3 is 5.69 Å². The Balaban J connectivity index is 1.57. The number of hydrogen-bond acceptors (Lipinski definition) is 6. The number of carbonyl (C=O) groups excluding carboxylic acids is 1. The van der Waals surface area contributed by atoms with Crippen molar-refractivity contribution in [1.29, 1.82) is 0 Å². The van der Waals surface area contributed by atoms with Gasteiger partial charge < -0.3 is 9.64 Å². The minimum atomic E-state index is -0.421. The molecule has 33 heavy (non-hydrogen) atoms. The van der Waals surface area contributed by atoms with E-state index in [1.807, 2.05) is 0 Å². The zero-order chi connectivity index (χ0) is 23.9. The van der Waals surface area contributed by atoms with Gasteiger partial charge in [0.15, 0.2) is 11.2 Å². The summed E-state index contributed by atoms with van der Waals surface area (Å²) in [5.74, 6) is 0.387. The molecule has 1 amide bonds. The monoisotopic (exact) mass is 457 g/mol. The van der Waals surface area contributed by atoms with Crippen LogP contribution in [-0.4, -0.2) is 58.5 Å². The van der Waals surface area contributed by atoms with Crippen molar-refractivity contribution in [2.24, 2.45) is 27.1 Å². The van der Waals surface area contributed by atoms with Crippen molar-refractivity contribution in [2.45, 2.75) is 45.8 Å². The largest absolute Gasteiger partial charge is 0.461 e. The third kappa shape index (κ3) is 4.31. The molecule has 178 valence electrons.